The molecule has 2 aromatic carbocycles. The highest BCUT2D eigenvalue weighted by molar-refractivity contribution is 8.26. The maximum Gasteiger partial charge on any atom is 0.266 e. The zero-order chi connectivity index (χ0) is 20.1. The van der Waals surface area contributed by atoms with Gasteiger partial charge < -0.3 is 14.8 Å². The van der Waals surface area contributed by atoms with Crippen LogP contribution in [0.5, 0.6) is 11.5 Å². The fourth-order valence-electron chi connectivity index (χ4n) is 2.51. The molecule has 144 valence electrons. The molecule has 6 nitrogen and oxygen atoms in total. The molecule has 0 radical (unpaired) electrons. The van der Waals surface area contributed by atoms with Crippen LogP contribution < -0.4 is 14.8 Å². The minimum Gasteiger partial charge on any atom is -0.497 e. The summed E-state index contributed by atoms with van der Waals surface area (Å²) in [4.78, 5) is 26.7. The first kappa shape index (κ1) is 19.9. The first-order valence-electron chi connectivity index (χ1n) is 8.33. The molecule has 1 saturated heterocycles. The largest absolute Gasteiger partial charge is 0.497 e. The van der Waals surface area contributed by atoms with Crippen molar-refractivity contribution in [2.24, 2.45) is 0 Å². The number of rotatable bonds is 6. The Kier molecular flexibility index (Phi) is 6.33. The molecule has 0 saturated carbocycles. The minimum atomic E-state index is -0.327. The number of anilines is 1. The molecule has 1 heterocycles. The van der Waals surface area contributed by atoms with Crippen molar-refractivity contribution in [2.45, 2.75) is 0 Å². The summed E-state index contributed by atoms with van der Waals surface area (Å²) >= 11 is 6.46. The van der Waals surface area contributed by atoms with Gasteiger partial charge in [0.05, 0.1) is 19.1 Å². The van der Waals surface area contributed by atoms with Crippen molar-refractivity contribution in [3.8, 4) is 11.5 Å². The predicted molar refractivity (Wildman–Crippen MR) is 114 cm³/mol. The smallest absolute Gasteiger partial charge is 0.266 e. The van der Waals surface area contributed by atoms with E-state index in [1.165, 1.54) is 16.7 Å². The van der Waals surface area contributed by atoms with E-state index in [0.29, 0.717) is 20.7 Å². The van der Waals surface area contributed by atoms with Crippen molar-refractivity contribution < 1.29 is 19.1 Å². The van der Waals surface area contributed by atoms with Gasteiger partial charge in [-0.3, -0.25) is 14.5 Å². The van der Waals surface area contributed by atoms with E-state index >= 15 is 0 Å². The van der Waals surface area contributed by atoms with Gasteiger partial charge in [0.15, 0.2) is 0 Å². The lowest BCUT2D eigenvalue weighted by molar-refractivity contribution is -0.126. The molecular formula is C20H18N2O4S2. The van der Waals surface area contributed by atoms with E-state index in [2.05, 4.69) is 5.32 Å². The summed E-state index contributed by atoms with van der Waals surface area (Å²) in [6.45, 7) is -0.142. The van der Waals surface area contributed by atoms with E-state index in [-0.39, 0.29) is 18.4 Å². The third kappa shape index (κ3) is 4.71. The molecule has 0 unspecified atom stereocenters. The zero-order valence-corrected chi connectivity index (χ0v) is 16.9. The normalized spacial score (nSPS) is 15.1. The number of carbonyl (C=O) groups is 2. The Morgan fingerprint density at radius 1 is 1.07 bits per heavy atom. The minimum absolute atomic E-state index is 0.142. The van der Waals surface area contributed by atoms with E-state index in [9.17, 15) is 9.59 Å². The van der Waals surface area contributed by atoms with Gasteiger partial charge in [0.2, 0.25) is 5.91 Å². The van der Waals surface area contributed by atoms with Crippen LogP contribution in [-0.4, -0.2) is 41.8 Å². The second-order valence-electron chi connectivity index (χ2n) is 5.82. The van der Waals surface area contributed by atoms with E-state index in [1.807, 2.05) is 24.3 Å². The lowest BCUT2D eigenvalue weighted by atomic mass is 10.2. The summed E-state index contributed by atoms with van der Waals surface area (Å²) < 4.78 is 10.6. The van der Waals surface area contributed by atoms with Gasteiger partial charge >= 0.3 is 0 Å². The van der Waals surface area contributed by atoms with Crippen LogP contribution in [0.3, 0.4) is 0 Å². The van der Waals surface area contributed by atoms with Crippen molar-refractivity contribution in [1.82, 2.24) is 4.90 Å². The van der Waals surface area contributed by atoms with E-state index in [4.69, 9.17) is 21.7 Å². The first-order valence-corrected chi connectivity index (χ1v) is 9.56. The van der Waals surface area contributed by atoms with Gasteiger partial charge in [-0.25, -0.2) is 0 Å². The van der Waals surface area contributed by atoms with E-state index in [1.54, 1.807) is 44.6 Å². The maximum absolute atomic E-state index is 12.6. The number of hydrogen-bond acceptors (Lipinski definition) is 6. The quantitative estimate of drug-likeness (QED) is 0.576. The Balaban J connectivity index is 1.65. The number of ether oxygens (including phenoxy) is 2. The highest BCUT2D eigenvalue weighted by atomic mass is 32.2. The van der Waals surface area contributed by atoms with Gasteiger partial charge in [-0.15, -0.1) is 0 Å². The van der Waals surface area contributed by atoms with Gasteiger partial charge in [0, 0.05) is 5.69 Å². The molecule has 0 aromatic heterocycles. The second kappa shape index (κ2) is 8.90. The molecule has 28 heavy (non-hydrogen) atoms. The number of thioether (sulfide) groups is 1. The van der Waals surface area contributed by atoms with Gasteiger partial charge in [-0.05, 0) is 48.0 Å². The Hall–Kier alpha value is -2.84. The molecule has 1 aliphatic rings. The number of nitrogens with zero attached hydrogens (tertiary/aromatic N) is 1. The number of carbonyl (C=O) groups excluding carboxylic acids is 2. The Morgan fingerprint density at radius 3 is 2.21 bits per heavy atom. The van der Waals surface area contributed by atoms with Crippen molar-refractivity contribution in [2.75, 3.05) is 26.1 Å². The first-order chi connectivity index (χ1) is 13.5. The molecule has 0 bridgehead atoms. The summed E-state index contributed by atoms with van der Waals surface area (Å²) in [5, 5.41) is 2.75. The molecule has 0 aliphatic carbocycles. The SMILES string of the molecule is COc1ccc(C=C2SC(=S)N(CC(=O)Nc3ccc(OC)cc3)C2=O)cc1. The average Bonchev–Trinajstić information content (AvgIpc) is 2.96. The zero-order valence-electron chi connectivity index (χ0n) is 15.3. The van der Waals surface area contributed by atoms with Gasteiger partial charge in [0.1, 0.15) is 22.4 Å². The predicted octanol–water partition coefficient (Wildman–Crippen LogP) is 3.54. The monoisotopic (exact) mass is 414 g/mol. The highest BCUT2D eigenvalue weighted by Crippen LogP contribution is 2.32. The molecule has 0 atom stereocenters. The third-order valence-corrected chi connectivity index (χ3v) is 5.34. The molecule has 1 aliphatic heterocycles. The number of benzene rings is 2. The van der Waals surface area contributed by atoms with Crippen LogP contribution in [0, 0.1) is 0 Å². The fourth-order valence-corrected chi connectivity index (χ4v) is 3.76. The van der Waals surface area contributed by atoms with E-state index < -0.39 is 0 Å². The fraction of sp³-hybridized carbons (Fsp3) is 0.150. The van der Waals surface area contributed by atoms with Crippen LogP contribution >= 0.6 is 24.0 Å². The number of methoxy groups -OCH3 is 2. The molecule has 3 rings (SSSR count). The summed E-state index contributed by atoms with van der Waals surface area (Å²) in [7, 11) is 3.17. The summed E-state index contributed by atoms with van der Waals surface area (Å²) in [5.41, 5.74) is 1.47. The average molecular weight is 415 g/mol. The van der Waals surface area contributed by atoms with Crippen LogP contribution in [0.2, 0.25) is 0 Å². The maximum atomic E-state index is 12.6. The summed E-state index contributed by atoms with van der Waals surface area (Å²) in [5.74, 6) is 0.821. The molecular weight excluding hydrogens is 396 g/mol. The number of thiocarbonyl (C=S) groups is 1. The second-order valence-corrected chi connectivity index (χ2v) is 7.49. The number of amides is 2. The molecule has 1 N–H and O–H groups in total. The van der Waals surface area contributed by atoms with Crippen LogP contribution in [0.1, 0.15) is 5.56 Å². The van der Waals surface area contributed by atoms with Crippen molar-refractivity contribution in [3.63, 3.8) is 0 Å². The van der Waals surface area contributed by atoms with Gasteiger partial charge in [0.25, 0.3) is 5.91 Å². The van der Waals surface area contributed by atoms with Crippen LogP contribution in [0.15, 0.2) is 53.4 Å². The van der Waals surface area contributed by atoms with Crippen molar-refractivity contribution in [3.05, 3.63) is 59.0 Å². The number of hydrogen-bond donors (Lipinski definition) is 1. The number of nitrogens with one attached hydrogen (secondary N) is 1. The molecule has 0 spiro atoms. The molecule has 2 amide bonds. The Bertz CT molecular complexity index is 924. The van der Waals surface area contributed by atoms with Gasteiger partial charge in [-0.2, -0.15) is 0 Å². The summed E-state index contributed by atoms with van der Waals surface area (Å²) in [6, 6.07) is 14.3. The van der Waals surface area contributed by atoms with Crippen LogP contribution in [0.4, 0.5) is 5.69 Å². The molecule has 1 fully saturated rings. The Labute approximate surface area is 172 Å². The topological polar surface area (TPSA) is 67.9 Å². The van der Waals surface area contributed by atoms with Gasteiger partial charge in [-0.1, -0.05) is 36.1 Å². The molecule has 8 heteroatoms. The summed E-state index contributed by atoms with van der Waals surface area (Å²) in [6.07, 6.45) is 1.75. The lowest BCUT2D eigenvalue weighted by Gasteiger charge is -2.14. The molecule has 2 aromatic rings. The van der Waals surface area contributed by atoms with Crippen LogP contribution in [0.25, 0.3) is 6.08 Å². The van der Waals surface area contributed by atoms with Crippen molar-refractivity contribution >= 4 is 51.9 Å². The lowest BCUT2D eigenvalue weighted by Crippen LogP contribution is -2.36. The van der Waals surface area contributed by atoms with E-state index in [0.717, 1.165) is 11.3 Å². The standard InChI is InChI=1S/C20H18N2O4S2/c1-25-15-7-3-13(4-8-15)11-17-19(24)22(20(27)28-17)12-18(23)21-14-5-9-16(26-2)10-6-14/h3-11H,12H2,1-2H3,(H,21,23). The third-order valence-electron chi connectivity index (χ3n) is 3.96. The van der Waals surface area contributed by atoms with Crippen molar-refractivity contribution in [1.29, 1.82) is 0 Å². The Morgan fingerprint density at radius 2 is 1.64 bits per heavy atom. The highest BCUT2D eigenvalue weighted by Gasteiger charge is 2.33. The van der Waals surface area contributed by atoms with Crippen LogP contribution in [-0.2, 0) is 9.59 Å².